The lowest BCUT2D eigenvalue weighted by Gasteiger charge is -2.39. The predicted octanol–water partition coefficient (Wildman–Crippen LogP) is 4.30. The number of esters is 5. The van der Waals surface area contributed by atoms with Crippen LogP contribution in [0.4, 0.5) is 4.79 Å². The number of hydrogen-bond donors (Lipinski definition) is 0. The summed E-state index contributed by atoms with van der Waals surface area (Å²) in [4.78, 5) is 90.4. The number of likely N-dealkylation sites (tertiary alicyclic amines) is 1. The molecule has 0 spiro atoms. The molecule has 0 saturated carbocycles. The molecule has 17 nitrogen and oxygen atoms in total. The van der Waals surface area contributed by atoms with Crippen LogP contribution in [-0.4, -0.2) is 174 Å². The first-order valence-corrected chi connectivity index (χ1v) is 22.4. The van der Waals surface area contributed by atoms with Gasteiger partial charge in [0, 0.05) is 59.3 Å². The van der Waals surface area contributed by atoms with E-state index in [2.05, 4.69) is 0 Å². The highest BCUT2D eigenvalue weighted by Gasteiger charge is 2.53. The summed E-state index contributed by atoms with van der Waals surface area (Å²) in [5, 5.41) is 0. The molecule has 0 radical (unpaired) electrons. The number of carbonyl (C=O) groups is 6. The molecule has 3 atom stereocenters. The molecule has 4 rings (SSSR count). The van der Waals surface area contributed by atoms with Gasteiger partial charge in [-0.15, -0.1) is 0 Å². The maximum Gasteiger partial charge on any atom is 0.411 e. The number of hydrogen-bond acceptors (Lipinski definition) is 16. The number of benzene rings is 2. The van der Waals surface area contributed by atoms with Crippen molar-refractivity contribution in [1.29, 1.82) is 0 Å². The van der Waals surface area contributed by atoms with Crippen molar-refractivity contribution in [2.45, 2.75) is 117 Å². The summed E-state index contributed by atoms with van der Waals surface area (Å²) in [5.74, 6) is -2.67. The molecule has 0 unspecified atom stereocenters. The fraction of sp³-hybridized carbons (Fsp3) is 0.625. The summed E-state index contributed by atoms with van der Waals surface area (Å²) in [6, 6.07) is 16.0. The number of rotatable bonds is 13. The highest BCUT2D eigenvalue weighted by atomic mass is 16.6. The second-order valence-electron chi connectivity index (χ2n) is 19.5. The van der Waals surface area contributed by atoms with Crippen LogP contribution in [-0.2, 0) is 65.6 Å². The van der Waals surface area contributed by atoms with Crippen LogP contribution in [0.5, 0.6) is 0 Å². The molecule has 2 heterocycles. The lowest BCUT2D eigenvalue weighted by molar-refractivity contribution is -0.159. The molecule has 360 valence electrons. The van der Waals surface area contributed by atoms with Gasteiger partial charge in [0.1, 0.15) is 36.1 Å². The fourth-order valence-corrected chi connectivity index (χ4v) is 7.62. The average molecular weight is 910 g/mol. The first-order chi connectivity index (χ1) is 30.4. The van der Waals surface area contributed by atoms with Gasteiger partial charge in [0.25, 0.3) is 0 Å². The van der Waals surface area contributed by atoms with Crippen LogP contribution in [0.2, 0.25) is 0 Å². The van der Waals surface area contributed by atoms with E-state index in [1.165, 1.54) is 11.8 Å². The summed E-state index contributed by atoms with van der Waals surface area (Å²) < 4.78 is 34.8. The van der Waals surface area contributed by atoms with E-state index >= 15 is 0 Å². The molecule has 0 bridgehead atoms. The third-order valence-electron chi connectivity index (χ3n) is 10.3. The summed E-state index contributed by atoms with van der Waals surface area (Å²) in [6.45, 7) is 19.1. The van der Waals surface area contributed by atoms with Crippen molar-refractivity contribution in [2.75, 3.05) is 78.5 Å². The lowest BCUT2D eigenvalue weighted by Crippen LogP contribution is -2.58. The first-order valence-electron chi connectivity index (χ1n) is 22.4. The smallest absolute Gasteiger partial charge is 0.411 e. The van der Waals surface area contributed by atoms with Crippen molar-refractivity contribution < 1.29 is 57.2 Å². The van der Waals surface area contributed by atoms with Gasteiger partial charge < -0.3 is 28.4 Å². The first kappa shape index (κ1) is 52.5. The monoisotopic (exact) mass is 910 g/mol. The molecular weight excluding hydrogens is 839 g/mol. The van der Waals surface area contributed by atoms with Crippen molar-refractivity contribution in [2.24, 2.45) is 0 Å². The molecule has 2 aromatic carbocycles. The van der Waals surface area contributed by atoms with E-state index in [1.54, 1.807) is 62.3 Å². The van der Waals surface area contributed by atoms with Crippen LogP contribution >= 0.6 is 0 Å². The summed E-state index contributed by atoms with van der Waals surface area (Å²) in [5.41, 5.74) is -0.735. The number of carbonyl (C=O) groups excluding carboxylic acids is 6. The molecule has 2 aliphatic rings. The summed E-state index contributed by atoms with van der Waals surface area (Å²) in [7, 11) is 0. The molecule has 17 heteroatoms. The van der Waals surface area contributed by atoms with Gasteiger partial charge in [-0.3, -0.25) is 43.7 Å². The van der Waals surface area contributed by atoms with Gasteiger partial charge in [0.15, 0.2) is 6.04 Å². The minimum Gasteiger partial charge on any atom is -0.459 e. The third-order valence-corrected chi connectivity index (χ3v) is 10.3. The fourth-order valence-electron chi connectivity index (χ4n) is 7.62. The normalized spacial score (nSPS) is 20.2. The van der Waals surface area contributed by atoms with Gasteiger partial charge in [-0.05, 0) is 73.4 Å². The standard InChI is InChI=1S/C48H71N5O12/c1-35(54)62-38-29-53(45(59)61-34-37-19-15-12-16-20-37)43(44(58)60-33-36-17-13-11-14-18-36)42(38)52-27-25-50(31-40(56)64-47(5,6)7)23-21-49(30-39(55)63-46(2,3)4)22-24-51(26-28-52)32-41(57)65-48(8,9)10/h11-20,38,42-43H,21-34H2,1-10H3/t38-,42+,43-/m0/s1. The second-order valence-corrected chi connectivity index (χ2v) is 19.5. The Balaban J connectivity index is 1.76. The van der Waals surface area contributed by atoms with Gasteiger partial charge in [0.2, 0.25) is 0 Å². The van der Waals surface area contributed by atoms with Crippen molar-refractivity contribution >= 4 is 35.9 Å². The predicted molar refractivity (Wildman–Crippen MR) is 241 cm³/mol. The Kier molecular flexibility index (Phi) is 19.3. The minimum atomic E-state index is -1.30. The SMILES string of the molecule is CC(=O)O[C@H]1CN(C(=O)OCc2ccccc2)[C@H](C(=O)OCc2ccccc2)[C@@H]1N1CCN(CC(=O)OC(C)(C)C)CCN(CC(=O)OC(C)(C)C)CCN(CC(=O)OC(C)(C)C)CC1. The van der Waals surface area contributed by atoms with Gasteiger partial charge in [-0.1, -0.05) is 60.7 Å². The Morgan fingerprint density at radius 1 is 0.538 bits per heavy atom. The molecular formula is C48H71N5O12. The molecule has 1 amide bonds. The minimum absolute atomic E-state index is 0.0287. The van der Waals surface area contributed by atoms with Crippen molar-refractivity contribution in [3.05, 3.63) is 71.8 Å². The molecule has 0 aromatic heterocycles. The second kappa shape index (κ2) is 23.9. The summed E-state index contributed by atoms with van der Waals surface area (Å²) >= 11 is 0. The number of amides is 1. The zero-order valence-corrected chi connectivity index (χ0v) is 40.0. The van der Waals surface area contributed by atoms with Crippen LogP contribution in [0.1, 0.15) is 80.4 Å². The van der Waals surface area contributed by atoms with Gasteiger partial charge in [0.05, 0.1) is 32.2 Å². The Labute approximate surface area is 384 Å². The van der Waals surface area contributed by atoms with E-state index in [-0.39, 0.29) is 65.6 Å². The molecule has 0 aliphatic carbocycles. The zero-order chi connectivity index (χ0) is 48.0. The van der Waals surface area contributed by atoms with Gasteiger partial charge >= 0.3 is 35.9 Å². The van der Waals surface area contributed by atoms with Crippen molar-refractivity contribution in [1.82, 2.24) is 24.5 Å². The Hall–Kier alpha value is -5.10. The largest absolute Gasteiger partial charge is 0.459 e. The lowest BCUT2D eigenvalue weighted by atomic mass is 10.0. The van der Waals surface area contributed by atoms with E-state index in [0.29, 0.717) is 26.2 Å². The maximum atomic E-state index is 14.5. The van der Waals surface area contributed by atoms with E-state index in [0.717, 1.165) is 11.1 Å². The van der Waals surface area contributed by atoms with E-state index in [1.807, 2.05) is 80.3 Å². The van der Waals surface area contributed by atoms with Crippen molar-refractivity contribution in [3.63, 3.8) is 0 Å². The molecule has 2 saturated heterocycles. The van der Waals surface area contributed by atoms with E-state index in [9.17, 15) is 28.8 Å². The Morgan fingerprint density at radius 2 is 0.908 bits per heavy atom. The van der Waals surface area contributed by atoms with Gasteiger partial charge in [-0.2, -0.15) is 0 Å². The van der Waals surface area contributed by atoms with Crippen LogP contribution in [0.15, 0.2) is 60.7 Å². The molecule has 2 aromatic rings. The molecule has 2 fully saturated rings. The van der Waals surface area contributed by atoms with Crippen molar-refractivity contribution in [3.8, 4) is 0 Å². The van der Waals surface area contributed by atoms with Crippen LogP contribution < -0.4 is 0 Å². The van der Waals surface area contributed by atoms with E-state index in [4.69, 9.17) is 28.4 Å². The Bertz CT molecular complexity index is 1830. The van der Waals surface area contributed by atoms with Crippen LogP contribution in [0.25, 0.3) is 0 Å². The average Bonchev–Trinajstić information content (AvgIpc) is 3.56. The summed E-state index contributed by atoms with van der Waals surface area (Å²) in [6.07, 6.45) is -1.81. The highest BCUT2D eigenvalue weighted by molar-refractivity contribution is 5.84. The molecule has 65 heavy (non-hydrogen) atoms. The third kappa shape index (κ3) is 19.1. The quantitative estimate of drug-likeness (QED) is 0.206. The number of ether oxygens (including phenoxy) is 6. The molecule has 0 N–H and O–H groups in total. The zero-order valence-electron chi connectivity index (χ0n) is 40.0. The topological polar surface area (TPSA) is 174 Å². The van der Waals surface area contributed by atoms with Gasteiger partial charge in [-0.25, -0.2) is 9.59 Å². The van der Waals surface area contributed by atoms with E-state index < -0.39 is 70.9 Å². The number of nitrogens with zero attached hydrogens (tertiary/aromatic N) is 5. The van der Waals surface area contributed by atoms with Crippen LogP contribution in [0, 0.1) is 0 Å². The maximum absolute atomic E-state index is 14.5. The molecule has 2 aliphatic heterocycles. The Morgan fingerprint density at radius 3 is 1.28 bits per heavy atom. The van der Waals surface area contributed by atoms with Crippen LogP contribution in [0.3, 0.4) is 0 Å². The highest BCUT2D eigenvalue weighted by Crippen LogP contribution is 2.29.